The molecule has 2 aromatic carbocycles. The molecule has 314 valence electrons. The molecule has 0 saturated carbocycles. The third kappa shape index (κ3) is 17.2. The first-order valence-electron chi connectivity index (χ1n) is 19.9. The Morgan fingerprint density at radius 1 is 0.810 bits per heavy atom. The van der Waals surface area contributed by atoms with Crippen molar-refractivity contribution in [3.8, 4) is 0 Å². The van der Waals surface area contributed by atoms with Crippen molar-refractivity contribution in [2.45, 2.75) is 122 Å². The van der Waals surface area contributed by atoms with Gasteiger partial charge in [-0.25, -0.2) is 19.4 Å². The first-order valence-corrected chi connectivity index (χ1v) is 21.6. The van der Waals surface area contributed by atoms with Crippen LogP contribution in [0.1, 0.15) is 99.3 Å². The van der Waals surface area contributed by atoms with Crippen molar-refractivity contribution in [3.63, 3.8) is 0 Å². The lowest BCUT2D eigenvalue weighted by atomic mass is 9.95. The lowest BCUT2D eigenvalue weighted by molar-refractivity contribution is -0.124. The summed E-state index contributed by atoms with van der Waals surface area (Å²) < 4.78 is 10.9. The molecule has 0 aliphatic heterocycles. The lowest BCUT2D eigenvalue weighted by Gasteiger charge is -2.27. The number of carbonyl (C=O) groups excluding carboxylic acids is 4. The summed E-state index contributed by atoms with van der Waals surface area (Å²) in [4.78, 5) is 64.1. The van der Waals surface area contributed by atoms with E-state index >= 15 is 0 Å². The molecule has 4 aromatic rings. The molecule has 5 amide bonds. The van der Waals surface area contributed by atoms with Crippen LogP contribution in [0.4, 0.5) is 14.4 Å². The van der Waals surface area contributed by atoms with E-state index in [1.54, 1.807) is 50.9 Å². The third-order valence-electron chi connectivity index (χ3n) is 9.02. The number of alkyl carbamates (subject to hydrolysis) is 2. The fraction of sp³-hybridized carbons (Fsp3) is 0.488. The molecule has 2 heterocycles. The van der Waals surface area contributed by atoms with Gasteiger partial charge in [-0.3, -0.25) is 9.78 Å². The molecule has 2 aromatic heterocycles. The number of thiazole rings is 2. The quantitative estimate of drug-likeness (QED) is 0.0615. The van der Waals surface area contributed by atoms with Gasteiger partial charge < -0.3 is 35.6 Å². The maximum absolute atomic E-state index is 14.2. The summed E-state index contributed by atoms with van der Waals surface area (Å²) >= 11 is 2.98. The Balaban J connectivity index is 1.46. The predicted octanol–water partition coefficient (Wildman–Crippen LogP) is 7.97. The van der Waals surface area contributed by atoms with Crippen LogP contribution < -0.4 is 21.3 Å². The molecule has 0 saturated heterocycles. The Kier molecular flexibility index (Phi) is 18.4. The zero-order chi connectivity index (χ0) is 41.9. The highest BCUT2D eigenvalue weighted by molar-refractivity contribution is 7.09. The van der Waals surface area contributed by atoms with Crippen LogP contribution in [0.25, 0.3) is 0 Å². The van der Waals surface area contributed by atoms with Gasteiger partial charge in [-0.05, 0) is 76.8 Å². The second-order valence-corrected chi connectivity index (χ2v) is 17.5. The van der Waals surface area contributed by atoms with Crippen molar-refractivity contribution in [1.82, 2.24) is 36.1 Å². The highest BCUT2D eigenvalue weighted by Gasteiger charge is 2.26. The number of carbonyl (C=O) groups is 4. The third-order valence-corrected chi connectivity index (χ3v) is 11.0. The molecule has 3 unspecified atom stereocenters. The topological polar surface area (TPSA) is 164 Å². The number of rotatable bonds is 21. The van der Waals surface area contributed by atoms with Gasteiger partial charge in [0, 0.05) is 43.2 Å². The summed E-state index contributed by atoms with van der Waals surface area (Å²) in [5, 5.41) is 15.0. The summed E-state index contributed by atoms with van der Waals surface area (Å²) in [6.07, 6.45) is 4.32. The van der Waals surface area contributed by atoms with Crippen LogP contribution in [-0.2, 0) is 40.3 Å². The normalized spacial score (nSPS) is 12.9. The number of benzene rings is 2. The molecular weight excluding hydrogens is 775 g/mol. The van der Waals surface area contributed by atoms with Gasteiger partial charge >= 0.3 is 18.2 Å². The van der Waals surface area contributed by atoms with Gasteiger partial charge in [0.05, 0.1) is 27.6 Å². The van der Waals surface area contributed by atoms with Gasteiger partial charge in [-0.2, -0.15) is 0 Å². The maximum atomic E-state index is 14.2. The van der Waals surface area contributed by atoms with E-state index in [1.165, 1.54) is 16.2 Å². The van der Waals surface area contributed by atoms with Crippen molar-refractivity contribution in [2.24, 2.45) is 0 Å². The van der Waals surface area contributed by atoms with E-state index in [2.05, 4.69) is 45.1 Å². The molecule has 0 fully saturated rings. The zero-order valence-corrected chi connectivity index (χ0v) is 36.1. The zero-order valence-electron chi connectivity index (χ0n) is 34.5. The molecular formula is C43H59N7O6S2. The molecule has 0 radical (unpaired) electrons. The molecule has 0 aliphatic carbocycles. The fourth-order valence-corrected chi connectivity index (χ4v) is 7.42. The van der Waals surface area contributed by atoms with Crippen LogP contribution in [0.15, 0.2) is 77.8 Å². The molecule has 4 rings (SSSR count). The number of hydrogen-bond acceptors (Lipinski definition) is 10. The molecule has 4 N–H and O–H groups in total. The van der Waals surface area contributed by atoms with Crippen molar-refractivity contribution in [1.29, 1.82) is 0 Å². The lowest BCUT2D eigenvalue weighted by Crippen LogP contribution is -2.52. The van der Waals surface area contributed by atoms with E-state index < -0.39 is 29.9 Å². The standard InChI is InChI=1S/C43H59N7O6S2/c1-30(2)39-47-35(28-57-39)26-50(6)40(52)49-37(19-13-14-22-45-41(53)56-43(3,4)5)38(51)46-33(23-31-15-9-7-10-16-31)20-21-34(24-32-17-11-8-12-18-32)48-42(54)55-27-36-25-44-29-58-36/h7-12,15-18,25,28-30,33-34,37H,13-14,19-24,26-27H2,1-6H3,(H,45,53)(H,46,51)(H,48,54)(H,49,52). The van der Waals surface area contributed by atoms with Gasteiger partial charge in [0.15, 0.2) is 0 Å². The monoisotopic (exact) mass is 833 g/mol. The van der Waals surface area contributed by atoms with Crippen LogP contribution >= 0.6 is 22.7 Å². The van der Waals surface area contributed by atoms with Crippen LogP contribution in [0.3, 0.4) is 0 Å². The fourth-order valence-electron chi connectivity index (χ4n) is 6.09. The summed E-state index contributed by atoms with van der Waals surface area (Å²) in [6.45, 7) is 10.4. The first kappa shape index (κ1) is 45.7. The van der Waals surface area contributed by atoms with Crippen molar-refractivity contribution in [2.75, 3.05) is 13.6 Å². The Labute approximate surface area is 350 Å². The number of ether oxygens (including phenoxy) is 2. The summed E-state index contributed by atoms with van der Waals surface area (Å²) in [5.41, 5.74) is 3.97. The second kappa shape index (κ2) is 23.4. The number of nitrogens with zero attached hydrogens (tertiary/aromatic N) is 3. The van der Waals surface area contributed by atoms with E-state index in [4.69, 9.17) is 9.47 Å². The minimum absolute atomic E-state index is 0.128. The Morgan fingerprint density at radius 3 is 2.02 bits per heavy atom. The van der Waals surface area contributed by atoms with Gasteiger partial charge in [0.25, 0.3) is 0 Å². The number of urea groups is 1. The predicted molar refractivity (Wildman–Crippen MR) is 229 cm³/mol. The number of amides is 5. The van der Waals surface area contributed by atoms with E-state index in [9.17, 15) is 19.2 Å². The SMILES string of the molecule is CC(C)c1nc(CN(C)C(=O)NC(CCCCNC(=O)OC(C)(C)C)C(=O)NC(CCC(Cc2ccccc2)NC(=O)OCc2cncs2)Cc2ccccc2)cs1. The van der Waals surface area contributed by atoms with Crippen LogP contribution in [0.5, 0.6) is 0 Å². The summed E-state index contributed by atoms with van der Waals surface area (Å²) in [6, 6.07) is 18.0. The van der Waals surface area contributed by atoms with E-state index in [1.807, 2.05) is 66.0 Å². The largest absolute Gasteiger partial charge is 0.444 e. The van der Waals surface area contributed by atoms with Crippen molar-refractivity contribution < 1.29 is 28.7 Å². The van der Waals surface area contributed by atoms with Crippen LogP contribution in [0, 0.1) is 0 Å². The minimum Gasteiger partial charge on any atom is -0.444 e. The van der Waals surface area contributed by atoms with Gasteiger partial charge in [0.2, 0.25) is 5.91 Å². The average Bonchev–Trinajstić information content (AvgIpc) is 3.88. The number of nitrogens with one attached hydrogen (secondary N) is 4. The molecule has 0 bridgehead atoms. The van der Waals surface area contributed by atoms with Crippen molar-refractivity contribution in [3.05, 3.63) is 104 Å². The number of aromatic nitrogens is 2. The Hall–Kier alpha value is -5.02. The number of hydrogen-bond donors (Lipinski definition) is 4. The molecule has 15 heteroatoms. The molecule has 58 heavy (non-hydrogen) atoms. The molecule has 3 atom stereocenters. The van der Waals surface area contributed by atoms with Crippen molar-refractivity contribution >= 4 is 46.8 Å². The molecule has 0 aliphatic rings. The minimum atomic E-state index is -0.851. The van der Waals surface area contributed by atoms with Crippen LogP contribution in [0.2, 0.25) is 0 Å². The smallest absolute Gasteiger partial charge is 0.407 e. The molecule has 13 nitrogen and oxygen atoms in total. The second-order valence-electron chi connectivity index (χ2n) is 15.7. The Morgan fingerprint density at radius 2 is 1.45 bits per heavy atom. The van der Waals surface area contributed by atoms with E-state index in [-0.39, 0.29) is 30.5 Å². The first-order chi connectivity index (χ1) is 27.7. The van der Waals surface area contributed by atoms with Crippen LogP contribution in [-0.4, -0.2) is 76.3 Å². The number of unbranched alkanes of at least 4 members (excludes halogenated alkanes) is 1. The van der Waals surface area contributed by atoms with Gasteiger partial charge in [-0.15, -0.1) is 22.7 Å². The highest BCUT2D eigenvalue weighted by atomic mass is 32.1. The molecule has 0 spiro atoms. The average molecular weight is 834 g/mol. The summed E-state index contributed by atoms with van der Waals surface area (Å²) in [7, 11) is 1.68. The van der Waals surface area contributed by atoms with E-state index in [0.29, 0.717) is 58.0 Å². The van der Waals surface area contributed by atoms with Gasteiger partial charge in [0.1, 0.15) is 18.2 Å². The Bertz CT molecular complexity index is 1830. The maximum Gasteiger partial charge on any atom is 0.407 e. The van der Waals surface area contributed by atoms with Gasteiger partial charge in [-0.1, -0.05) is 74.5 Å². The highest BCUT2D eigenvalue weighted by Crippen LogP contribution is 2.20. The summed E-state index contributed by atoms with van der Waals surface area (Å²) in [5.74, 6) is -0.0259. The van der Waals surface area contributed by atoms with E-state index in [0.717, 1.165) is 26.7 Å².